The van der Waals surface area contributed by atoms with Gasteiger partial charge in [0.05, 0.1) is 0 Å². The standard InChI is InChI=1S/C16H29N3/c1-4-13-6-8-14(9-7-13)15(17-5-2)12-16-18-10-11-19(16)3/h10-11,13-15,17H,4-9,12H2,1-3H3. The van der Waals surface area contributed by atoms with E-state index in [0.29, 0.717) is 6.04 Å². The van der Waals surface area contributed by atoms with Crippen molar-refractivity contribution in [3.05, 3.63) is 18.2 Å². The summed E-state index contributed by atoms with van der Waals surface area (Å²) < 4.78 is 2.15. The predicted octanol–water partition coefficient (Wildman–Crippen LogP) is 3.16. The van der Waals surface area contributed by atoms with E-state index >= 15 is 0 Å². The number of nitrogens with one attached hydrogen (secondary N) is 1. The van der Waals surface area contributed by atoms with Crippen molar-refractivity contribution < 1.29 is 0 Å². The van der Waals surface area contributed by atoms with Crippen molar-refractivity contribution in [1.82, 2.24) is 14.9 Å². The molecule has 1 aromatic rings. The first-order valence-corrected chi connectivity index (χ1v) is 7.94. The minimum absolute atomic E-state index is 0.601. The summed E-state index contributed by atoms with van der Waals surface area (Å²) in [7, 11) is 2.10. The lowest BCUT2D eigenvalue weighted by Gasteiger charge is -2.34. The number of hydrogen-bond acceptors (Lipinski definition) is 2. The van der Waals surface area contributed by atoms with Crippen LogP contribution in [0, 0.1) is 11.8 Å². The Balaban J connectivity index is 1.94. The topological polar surface area (TPSA) is 29.9 Å². The third-order valence-electron chi connectivity index (χ3n) is 4.83. The molecule has 0 aromatic carbocycles. The number of aryl methyl sites for hydroxylation is 1. The van der Waals surface area contributed by atoms with Gasteiger partial charge in [0, 0.05) is 31.9 Å². The Labute approximate surface area is 117 Å². The predicted molar refractivity (Wildman–Crippen MR) is 80.1 cm³/mol. The van der Waals surface area contributed by atoms with Crippen LogP contribution in [0.15, 0.2) is 12.4 Å². The Bertz CT molecular complexity index is 364. The van der Waals surface area contributed by atoms with Gasteiger partial charge < -0.3 is 9.88 Å². The van der Waals surface area contributed by atoms with Gasteiger partial charge in [-0.3, -0.25) is 0 Å². The molecule has 1 saturated carbocycles. The molecular formula is C16H29N3. The molecule has 2 rings (SSSR count). The molecule has 1 aliphatic carbocycles. The summed E-state index contributed by atoms with van der Waals surface area (Å²) in [4.78, 5) is 4.49. The van der Waals surface area contributed by atoms with Gasteiger partial charge in [0.2, 0.25) is 0 Å². The number of hydrogen-bond donors (Lipinski definition) is 1. The first-order valence-electron chi connectivity index (χ1n) is 7.94. The van der Waals surface area contributed by atoms with Crippen molar-refractivity contribution in [3.8, 4) is 0 Å². The second-order valence-corrected chi connectivity index (χ2v) is 6.01. The molecule has 3 heteroatoms. The van der Waals surface area contributed by atoms with Crippen molar-refractivity contribution in [2.24, 2.45) is 18.9 Å². The fourth-order valence-electron chi connectivity index (χ4n) is 3.46. The lowest BCUT2D eigenvalue weighted by Crippen LogP contribution is -2.40. The maximum atomic E-state index is 4.49. The van der Waals surface area contributed by atoms with Crippen LogP contribution in [-0.2, 0) is 13.5 Å². The molecule has 108 valence electrons. The summed E-state index contributed by atoms with van der Waals surface area (Å²) >= 11 is 0. The summed E-state index contributed by atoms with van der Waals surface area (Å²) in [6.07, 6.45) is 12.0. The van der Waals surface area contributed by atoms with E-state index in [1.807, 2.05) is 12.4 Å². The van der Waals surface area contributed by atoms with Crippen LogP contribution in [0.3, 0.4) is 0 Å². The van der Waals surface area contributed by atoms with Crippen LogP contribution < -0.4 is 5.32 Å². The summed E-state index contributed by atoms with van der Waals surface area (Å²) in [6.45, 7) is 5.60. The maximum Gasteiger partial charge on any atom is 0.109 e. The highest BCUT2D eigenvalue weighted by molar-refractivity contribution is 4.96. The van der Waals surface area contributed by atoms with Gasteiger partial charge in [-0.2, -0.15) is 0 Å². The Kier molecular flexibility index (Phi) is 5.44. The molecule has 1 N–H and O–H groups in total. The Hall–Kier alpha value is -0.830. The zero-order chi connectivity index (χ0) is 13.7. The van der Waals surface area contributed by atoms with Gasteiger partial charge in [-0.1, -0.05) is 33.1 Å². The quantitative estimate of drug-likeness (QED) is 0.854. The van der Waals surface area contributed by atoms with Crippen LogP contribution in [-0.4, -0.2) is 22.1 Å². The summed E-state index contributed by atoms with van der Waals surface area (Å²) in [5.74, 6) is 3.02. The number of imidazole rings is 1. The fourth-order valence-corrected chi connectivity index (χ4v) is 3.46. The minimum atomic E-state index is 0.601. The van der Waals surface area contributed by atoms with Gasteiger partial charge in [-0.05, 0) is 31.2 Å². The fraction of sp³-hybridized carbons (Fsp3) is 0.812. The number of rotatable bonds is 6. The van der Waals surface area contributed by atoms with Crippen LogP contribution in [0.25, 0.3) is 0 Å². The highest BCUT2D eigenvalue weighted by Gasteiger charge is 2.27. The maximum absolute atomic E-state index is 4.49. The SMILES string of the molecule is CCNC(Cc1nccn1C)C1CCC(CC)CC1. The van der Waals surface area contributed by atoms with Crippen LogP contribution in [0.1, 0.15) is 51.8 Å². The van der Waals surface area contributed by atoms with E-state index in [1.54, 1.807) is 0 Å². The van der Waals surface area contributed by atoms with Crippen molar-refractivity contribution >= 4 is 0 Å². The lowest BCUT2D eigenvalue weighted by molar-refractivity contribution is 0.216. The van der Waals surface area contributed by atoms with E-state index < -0.39 is 0 Å². The van der Waals surface area contributed by atoms with Crippen LogP contribution in [0.2, 0.25) is 0 Å². The van der Waals surface area contributed by atoms with Gasteiger partial charge in [0.25, 0.3) is 0 Å². The molecule has 0 saturated heterocycles. The first-order chi connectivity index (χ1) is 9.24. The Morgan fingerprint density at radius 2 is 2.05 bits per heavy atom. The Morgan fingerprint density at radius 3 is 2.58 bits per heavy atom. The van der Waals surface area contributed by atoms with Crippen LogP contribution in [0.4, 0.5) is 0 Å². The van der Waals surface area contributed by atoms with Gasteiger partial charge >= 0.3 is 0 Å². The molecule has 0 amide bonds. The molecule has 1 unspecified atom stereocenters. The molecule has 1 heterocycles. The zero-order valence-electron chi connectivity index (χ0n) is 12.7. The summed E-state index contributed by atoms with van der Waals surface area (Å²) in [5, 5.41) is 3.70. The largest absolute Gasteiger partial charge is 0.338 e. The third-order valence-corrected chi connectivity index (χ3v) is 4.83. The average molecular weight is 263 g/mol. The second-order valence-electron chi connectivity index (χ2n) is 6.01. The summed E-state index contributed by atoms with van der Waals surface area (Å²) in [5.41, 5.74) is 0. The molecule has 0 aliphatic heterocycles. The van der Waals surface area contributed by atoms with Gasteiger partial charge in [0.1, 0.15) is 5.82 Å². The number of likely N-dealkylation sites (N-methyl/N-ethyl adjacent to an activating group) is 1. The van der Waals surface area contributed by atoms with Gasteiger partial charge in [0.15, 0.2) is 0 Å². The van der Waals surface area contributed by atoms with E-state index in [9.17, 15) is 0 Å². The average Bonchev–Trinajstić information content (AvgIpc) is 2.84. The van der Waals surface area contributed by atoms with Crippen molar-refractivity contribution in [2.45, 2.75) is 58.4 Å². The second kappa shape index (κ2) is 7.09. The van der Waals surface area contributed by atoms with E-state index in [2.05, 4.69) is 35.8 Å². The van der Waals surface area contributed by atoms with E-state index in [4.69, 9.17) is 0 Å². The first kappa shape index (κ1) is 14.6. The molecule has 0 bridgehead atoms. The molecular weight excluding hydrogens is 234 g/mol. The van der Waals surface area contributed by atoms with Gasteiger partial charge in [-0.25, -0.2) is 4.98 Å². The van der Waals surface area contributed by atoms with Crippen molar-refractivity contribution in [2.75, 3.05) is 6.54 Å². The molecule has 1 aromatic heterocycles. The van der Waals surface area contributed by atoms with Crippen molar-refractivity contribution in [3.63, 3.8) is 0 Å². The normalized spacial score (nSPS) is 25.4. The Morgan fingerprint density at radius 1 is 1.32 bits per heavy atom. The lowest BCUT2D eigenvalue weighted by atomic mass is 9.77. The van der Waals surface area contributed by atoms with Gasteiger partial charge in [-0.15, -0.1) is 0 Å². The molecule has 3 nitrogen and oxygen atoms in total. The van der Waals surface area contributed by atoms with E-state index in [1.165, 1.54) is 37.9 Å². The molecule has 0 spiro atoms. The van der Waals surface area contributed by atoms with Crippen LogP contribution in [0.5, 0.6) is 0 Å². The molecule has 0 radical (unpaired) electrons. The zero-order valence-corrected chi connectivity index (χ0v) is 12.7. The van der Waals surface area contributed by atoms with Crippen LogP contribution >= 0.6 is 0 Å². The highest BCUT2D eigenvalue weighted by atomic mass is 15.0. The van der Waals surface area contributed by atoms with Crippen molar-refractivity contribution in [1.29, 1.82) is 0 Å². The number of aromatic nitrogens is 2. The minimum Gasteiger partial charge on any atom is -0.338 e. The molecule has 19 heavy (non-hydrogen) atoms. The van der Waals surface area contributed by atoms with E-state index in [0.717, 1.165) is 24.8 Å². The smallest absolute Gasteiger partial charge is 0.109 e. The molecule has 1 atom stereocenters. The summed E-state index contributed by atoms with van der Waals surface area (Å²) in [6, 6.07) is 0.601. The third kappa shape index (κ3) is 3.82. The molecule has 1 aliphatic rings. The highest BCUT2D eigenvalue weighted by Crippen LogP contribution is 2.33. The van der Waals surface area contributed by atoms with E-state index in [-0.39, 0.29) is 0 Å². The molecule has 1 fully saturated rings. The number of nitrogens with zero attached hydrogens (tertiary/aromatic N) is 2. The monoisotopic (exact) mass is 263 g/mol.